The Bertz CT molecular complexity index is 853. The molecule has 0 saturated carbocycles. The Morgan fingerprint density at radius 2 is 2.08 bits per heavy atom. The predicted molar refractivity (Wildman–Crippen MR) is 93.8 cm³/mol. The molecule has 8 nitrogen and oxygen atoms in total. The van der Waals surface area contributed by atoms with Crippen LogP contribution in [0.3, 0.4) is 0 Å². The second-order valence-electron chi connectivity index (χ2n) is 5.45. The van der Waals surface area contributed by atoms with Crippen molar-refractivity contribution in [1.82, 2.24) is 34.7 Å². The number of aromatic nitrogens is 6. The molecule has 10 heteroatoms. The SMILES string of the molecule is Cc1nn(CCCNC(=O)c2ccn(Cn3cccn3)n2)c(Cl)c1Cl. The first-order valence-electron chi connectivity index (χ1n) is 7.72. The van der Waals surface area contributed by atoms with Crippen LogP contribution in [0.4, 0.5) is 0 Å². The Hall–Kier alpha value is -2.32. The maximum absolute atomic E-state index is 12.1. The summed E-state index contributed by atoms with van der Waals surface area (Å²) < 4.78 is 5.00. The molecule has 0 fully saturated rings. The number of nitrogens with one attached hydrogen (secondary N) is 1. The number of hydrogen-bond donors (Lipinski definition) is 1. The van der Waals surface area contributed by atoms with Crippen molar-refractivity contribution in [3.8, 4) is 0 Å². The minimum absolute atomic E-state index is 0.222. The zero-order chi connectivity index (χ0) is 17.8. The quantitative estimate of drug-likeness (QED) is 0.636. The van der Waals surface area contributed by atoms with Crippen LogP contribution in [0, 0.1) is 6.92 Å². The van der Waals surface area contributed by atoms with Gasteiger partial charge in [-0.15, -0.1) is 0 Å². The largest absolute Gasteiger partial charge is 0.351 e. The normalized spacial score (nSPS) is 11.0. The molecule has 0 aliphatic heterocycles. The highest BCUT2D eigenvalue weighted by Crippen LogP contribution is 2.24. The van der Waals surface area contributed by atoms with Gasteiger partial charge < -0.3 is 5.32 Å². The van der Waals surface area contributed by atoms with Crippen LogP contribution >= 0.6 is 23.2 Å². The van der Waals surface area contributed by atoms with Crippen LogP contribution in [0.5, 0.6) is 0 Å². The van der Waals surface area contributed by atoms with Gasteiger partial charge in [0, 0.05) is 31.7 Å². The molecule has 0 unspecified atom stereocenters. The lowest BCUT2D eigenvalue weighted by molar-refractivity contribution is 0.0946. The van der Waals surface area contributed by atoms with Gasteiger partial charge in [0.1, 0.15) is 22.5 Å². The average molecular weight is 382 g/mol. The van der Waals surface area contributed by atoms with Gasteiger partial charge >= 0.3 is 0 Å². The molecule has 1 N–H and O–H groups in total. The summed E-state index contributed by atoms with van der Waals surface area (Å²) in [7, 11) is 0. The lowest BCUT2D eigenvalue weighted by atomic mass is 10.3. The molecule has 3 aromatic rings. The lowest BCUT2D eigenvalue weighted by Gasteiger charge is -2.05. The van der Waals surface area contributed by atoms with Crippen molar-refractivity contribution in [2.75, 3.05) is 6.54 Å². The number of nitrogens with zero attached hydrogens (tertiary/aromatic N) is 6. The molecule has 0 radical (unpaired) electrons. The predicted octanol–water partition coefficient (Wildman–Crippen LogP) is 2.22. The van der Waals surface area contributed by atoms with Crippen molar-refractivity contribution in [2.24, 2.45) is 0 Å². The van der Waals surface area contributed by atoms with Gasteiger partial charge in [-0.25, -0.2) is 0 Å². The fourth-order valence-corrected chi connectivity index (χ4v) is 2.69. The summed E-state index contributed by atoms with van der Waals surface area (Å²) in [6.07, 6.45) is 5.94. The van der Waals surface area contributed by atoms with Crippen molar-refractivity contribution in [1.29, 1.82) is 0 Å². The Labute approximate surface area is 154 Å². The maximum atomic E-state index is 12.1. The number of aryl methyl sites for hydroxylation is 2. The van der Waals surface area contributed by atoms with Crippen LogP contribution in [-0.4, -0.2) is 41.8 Å². The first-order chi connectivity index (χ1) is 12.0. The summed E-state index contributed by atoms with van der Waals surface area (Å²) in [5.41, 5.74) is 1.06. The minimum atomic E-state index is -0.222. The first kappa shape index (κ1) is 17.5. The Kier molecular flexibility index (Phi) is 5.40. The summed E-state index contributed by atoms with van der Waals surface area (Å²) in [4.78, 5) is 12.1. The highest BCUT2D eigenvalue weighted by Gasteiger charge is 2.12. The van der Waals surface area contributed by atoms with E-state index in [1.807, 2.05) is 12.3 Å². The van der Waals surface area contributed by atoms with Crippen molar-refractivity contribution in [2.45, 2.75) is 26.6 Å². The fourth-order valence-electron chi connectivity index (χ4n) is 2.30. The van der Waals surface area contributed by atoms with Gasteiger partial charge in [-0.3, -0.25) is 18.8 Å². The molecule has 3 heterocycles. The van der Waals surface area contributed by atoms with Crippen molar-refractivity contribution in [3.63, 3.8) is 0 Å². The standard InChI is InChI=1S/C15H17Cl2N7O/c1-11-13(16)14(17)24(20-11)8-2-5-18-15(25)12-4-9-23(21-12)10-22-7-3-6-19-22/h3-4,6-7,9H,2,5,8,10H2,1H3,(H,18,25). The van der Waals surface area contributed by atoms with Crippen LogP contribution in [0.1, 0.15) is 22.6 Å². The summed E-state index contributed by atoms with van der Waals surface area (Å²) in [6.45, 7) is 3.31. The molecule has 0 aromatic carbocycles. The van der Waals surface area contributed by atoms with E-state index in [-0.39, 0.29) is 5.91 Å². The van der Waals surface area contributed by atoms with E-state index >= 15 is 0 Å². The van der Waals surface area contributed by atoms with E-state index in [0.29, 0.717) is 47.7 Å². The molecular formula is C15H17Cl2N7O. The molecular weight excluding hydrogens is 365 g/mol. The average Bonchev–Trinajstić information content (AvgIpc) is 3.32. The molecule has 3 aromatic heterocycles. The van der Waals surface area contributed by atoms with Gasteiger partial charge in [0.25, 0.3) is 5.91 Å². The maximum Gasteiger partial charge on any atom is 0.271 e. The molecule has 0 saturated heterocycles. The highest BCUT2D eigenvalue weighted by molar-refractivity contribution is 6.41. The summed E-state index contributed by atoms with van der Waals surface area (Å²) >= 11 is 12.1. The molecule has 3 rings (SSSR count). The summed E-state index contributed by atoms with van der Waals surface area (Å²) in [5.74, 6) is -0.222. The first-order valence-corrected chi connectivity index (χ1v) is 8.47. The van der Waals surface area contributed by atoms with E-state index in [2.05, 4.69) is 20.6 Å². The summed E-state index contributed by atoms with van der Waals surface area (Å²) in [6, 6.07) is 3.50. The van der Waals surface area contributed by atoms with Gasteiger partial charge in [-0.2, -0.15) is 15.3 Å². The number of hydrogen-bond acceptors (Lipinski definition) is 4. The third-order valence-corrected chi connectivity index (χ3v) is 4.48. The Morgan fingerprint density at radius 1 is 1.24 bits per heavy atom. The molecule has 0 aliphatic carbocycles. The molecule has 0 aliphatic rings. The van der Waals surface area contributed by atoms with E-state index in [9.17, 15) is 4.79 Å². The van der Waals surface area contributed by atoms with Crippen LogP contribution in [0.15, 0.2) is 30.7 Å². The van der Waals surface area contributed by atoms with Crippen LogP contribution in [0.2, 0.25) is 10.2 Å². The summed E-state index contributed by atoms with van der Waals surface area (Å²) in [5, 5.41) is 16.3. The molecule has 25 heavy (non-hydrogen) atoms. The fraction of sp³-hybridized carbons (Fsp3) is 0.333. The number of carbonyl (C=O) groups is 1. The number of rotatable bonds is 7. The molecule has 1 amide bonds. The zero-order valence-electron chi connectivity index (χ0n) is 13.6. The molecule has 132 valence electrons. The van der Waals surface area contributed by atoms with Crippen LogP contribution in [-0.2, 0) is 13.2 Å². The van der Waals surface area contributed by atoms with E-state index in [1.54, 1.807) is 39.4 Å². The third kappa shape index (κ3) is 4.21. The third-order valence-electron chi connectivity index (χ3n) is 3.55. The van der Waals surface area contributed by atoms with E-state index in [0.717, 1.165) is 0 Å². The van der Waals surface area contributed by atoms with Crippen molar-refractivity contribution in [3.05, 3.63) is 52.3 Å². The zero-order valence-corrected chi connectivity index (χ0v) is 15.1. The monoisotopic (exact) mass is 381 g/mol. The topological polar surface area (TPSA) is 82.6 Å². The Morgan fingerprint density at radius 3 is 2.76 bits per heavy atom. The molecule has 0 bridgehead atoms. The lowest BCUT2D eigenvalue weighted by Crippen LogP contribution is -2.26. The van der Waals surface area contributed by atoms with E-state index in [1.165, 1.54) is 0 Å². The second-order valence-corrected chi connectivity index (χ2v) is 6.19. The van der Waals surface area contributed by atoms with Crippen molar-refractivity contribution < 1.29 is 4.79 Å². The van der Waals surface area contributed by atoms with Crippen LogP contribution in [0.25, 0.3) is 0 Å². The van der Waals surface area contributed by atoms with Gasteiger partial charge in [0.15, 0.2) is 0 Å². The van der Waals surface area contributed by atoms with E-state index in [4.69, 9.17) is 23.2 Å². The van der Waals surface area contributed by atoms with Gasteiger partial charge in [0.05, 0.1) is 5.69 Å². The smallest absolute Gasteiger partial charge is 0.271 e. The van der Waals surface area contributed by atoms with Crippen LogP contribution < -0.4 is 5.32 Å². The minimum Gasteiger partial charge on any atom is -0.351 e. The second kappa shape index (κ2) is 7.71. The highest BCUT2D eigenvalue weighted by atomic mass is 35.5. The number of halogens is 2. The van der Waals surface area contributed by atoms with Gasteiger partial charge in [0.2, 0.25) is 0 Å². The molecule has 0 spiro atoms. The van der Waals surface area contributed by atoms with Gasteiger partial charge in [-0.05, 0) is 25.5 Å². The number of amides is 1. The van der Waals surface area contributed by atoms with Gasteiger partial charge in [-0.1, -0.05) is 23.2 Å². The van der Waals surface area contributed by atoms with Crippen molar-refractivity contribution >= 4 is 29.1 Å². The molecule has 0 atom stereocenters. The van der Waals surface area contributed by atoms with E-state index < -0.39 is 0 Å². The Balaban J connectivity index is 1.46. The number of carbonyl (C=O) groups excluding carboxylic acids is 1.